The van der Waals surface area contributed by atoms with Crippen LogP contribution >= 0.6 is 22.6 Å². The van der Waals surface area contributed by atoms with Gasteiger partial charge in [0.25, 0.3) is 5.91 Å². The average molecular weight is 383 g/mol. The molecular weight excluding hydrogens is 369 g/mol. The Bertz CT molecular complexity index is 611. The molecular formula is C15H14INO3. The van der Waals surface area contributed by atoms with Gasteiger partial charge in [0.1, 0.15) is 11.5 Å². The summed E-state index contributed by atoms with van der Waals surface area (Å²) >= 11 is 2.21. The molecule has 5 heteroatoms. The molecule has 0 saturated carbocycles. The molecule has 0 fully saturated rings. The number of carbonyl (C=O) groups excluding carboxylic acids is 1. The van der Waals surface area contributed by atoms with E-state index in [2.05, 4.69) is 27.9 Å². The third-order valence-electron chi connectivity index (χ3n) is 2.76. The fourth-order valence-electron chi connectivity index (χ4n) is 1.72. The largest absolute Gasteiger partial charge is 0.497 e. The van der Waals surface area contributed by atoms with E-state index in [0.29, 0.717) is 17.1 Å². The number of hydrogen-bond acceptors (Lipinski definition) is 3. The molecule has 0 heterocycles. The number of rotatable bonds is 4. The maximum atomic E-state index is 12.2. The van der Waals surface area contributed by atoms with E-state index in [1.54, 1.807) is 25.3 Å². The van der Waals surface area contributed by atoms with Crippen LogP contribution in [-0.2, 0) is 0 Å². The normalized spacial score (nSPS) is 9.95. The summed E-state index contributed by atoms with van der Waals surface area (Å²) in [5.74, 6) is 0.908. The minimum atomic E-state index is -0.217. The fourth-order valence-corrected chi connectivity index (χ4v) is 2.08. The molecule has 1 amide bonds. The summed E-state index contributed by atoms with van der Waals surface area (Å²) in [6.07, 6.45) is 0. The molecule has 2 aromatic carbocycles. The van der Waals surface area contributed by atoms with Crippen LogP contribution < -0.4 is 14.8 Å². The standard InChI is InChI=1S/C15H14INO3/c1-19-12-7-8-13(14(9-12)20-2)15(18)17-11-5-3-10(16)4-6-11/h3-9H,1-2H3,(H,17,18). The van der Waals surface area contributed by atoms with Gasteiger partial charge in [0, 0.05) is 15.3 Å². The number of benzene rings is 2. The number of hydrogen-bond donors (Lipinski definition) is 1. The van der Waals surface area contributed by atoms with Gasteiger partial charge in [-0.15, -0.1) is 0 Å². The molecule has 0 aliphatic carbocycles. The lowest BCUT2D eigenvalue weighted by Gasteiger charge is -2.10. The lowest BCUT2D eigenvalue weighted by molar-refractivity contribution is 0.102. The second-order valence-corrected chi connectivity index (χ2v) is 5.27. The van der Waals surface area contributed by atoms with Gasteiger partial charge in [-0.2, -0.15) is 0 Å². The second kappa shape index (κ2) is 6.60. The van der Waals surface area contributed by atoms with Crippen molar-refractivity contribution in [2.24, 2.45) is 0 Å². The van der Waals surface area contributed by atoms with Crippen LogP contribution in [0.2, 0.25) is 0 Å². The van der Waals surface area contributed by atoms with Gasteiger partial charge >= 0.3 is 0 Å². The quantitative estimate of drug-likeness (QED) is 0.822. The van der Waals surface area contributed by atoms with Crippen molar-refractivity contribution in [2.45, 2.75) is 0 Å². The number of halogens is 1. The fraction of sp³-hybridized carbons (Fsp3) is 0.133. The van der Waals surface area contributed by atoms with Crippen LogP contribution in [0.5, 0.6) is 11.5 Å². The number of amides is 1. The minimum absolute atomic E-state index is 0.217. The average Bonchev–Trinajstić information content (AvgIpc) is 2.48. The lowest BCUT2D eigenvalue weighted by Crippen LogP contribution is -2.13. The third-order valence-corrected chi connectivity index (χ3v) is 3.47. The third kappa shape index (κ3) is 3.41. The Morgan fingerprint density at radius 2 is 1.75 bits per heavy atom. The van der Waals surface area contributed by atoms with Gasteiger partial charge in [0.05, 0.1) is 19.8 Å². The van der Waals surface area contributed by atoms with Crippen LogP contribution in [0.3, 0.4) is 0 Å². The van der Waals surface area contributed by atoms with Crippen molar-refractivity contribution in [3.63, 3.8) is 0 Å². The second-order valence-electron chi connectivity index (χ2n) is 4.03. The Kier molecular flexibility index (Phi) is 4.84. The highest BCUT2D eigenvalue weighted by atomic mass is 127. The maximum absolute atomic E-state index is 12.2. The van der Waals surface area contributed by atoms with Gasteiger partial charge in [-0.1, -0.05) is 0 Å². The molecule has 0 aromatic heterocycles. The Labute approximate surface area is 131 Å². The highest BCUT2D eigenvalue weighted by Crippen LogP contribution is 2.25. The number of anilines is 1. The van der Waals surface area contributed by atoms with Gasteiger partial charge < -0.3 is 14.8 Å². The highest BCUT2D eigenvalue weighted by Gasteiger charge is 2.13. The summed E-state index contributed by atoms with van der Waals surface area (Å²) < 4.78 is 11.4. The van der Waals surface area contributed by atoms with Gasteiger partial charge in [0.2, 0.25) is 0 Å². The molecule has 104 valence electrons. The zero-order chi connectivity index (χ0) is 14.5. The van der Waals surface area contributed by atoms with Crippen molar-refractivity contribution in [3.8, 4) is 11.5 Å². The van der Waals surface area contributed by atoms with E-state index in [1.165, 1.54) is 7.11 Å². The van der Waals surface area contributed by atoms with E-state index in [4.69, 9.17) is 9.47 Å². The molecule has 0 saturated heterocycles. The summed E-state index contributed by atoms with van der Waals surface area (Å²) in [4.78, 5) is 12.2. The van der Waals surface area contributed by atoms with Crippen molar-refractivity contribution in [1.29, 1.82) is 0 Å². The molecule has 0 atom stereocenters. The van der Waals surface area contributed by atoms with Crippen molar-refractivity contribution in [2.75, 3.05) is 19.5 Å². The molecule has 0 radical (unpaired) electrons. The Balaban J connectivity index is 2.22. The molecule has 20 heavy (non-hydrogen) atoms. The monoisotopic (exact) mass is 383 g/mol. The Morgan fingerprint density at radius 3 is 2.35 bits per heavy atom. The Hall–Kier alpha value is -1.76. The predicted octanol–water partition coefficient (Wildman–Crippen LogP) is 3.56. The summed E-state index contributed by atoms with van der Waals surface area (Å²) in [5, 5.41) is 2.83. The van der Waals surface area contributed by atoms with E-state index < -0.39 is 0 Å². The summed E-state index contributed by atoms with van der Waals surface area (Å²) in [6.45, 7) is 0. The topological polar surface area (TPSA) is 47.6 Å². The predicted molar refractivity (Wildman–Crippen MR) is 86.7 cm³/mol. The molecule has 0 aliphatic rings. The van der Waals surface area contributed by atoms with E-state index in [9.17, 15) is 4.79 Å². The molecule has 0 spiro atoms. The highest BCUT2D eigenvalue weighted by molar-refractivity contribution is 14.1. The Morgan fingerprint density at radius 1 is 1.05 bits per heavy atom. The van der Waals surface area contributed by atoms with Gasteiger partial charge in [-0.25, -0.2) is 0 Å². The van der Waals surface area contributed by atoms with Gasteiger partial charge in [-0.05, 0) is 59.0 Å². The summed E-state index contributed by atoms with van der Waals surface area (Å²) in [6, 6.07) is 12.7. The van der Waals surface area contributed by atoms with Gasteiger partial charge in [-0.3, -0.25) is 4.79 Å². The molecule has 0 bridgehead atoms. The first-order chi connectivity index (χ1) is 9.63. The van der Waals surface area contributed by atoms with Crippen molar-refractivity contribution >= 4 is 34.2 Å². The number of carbonyl (C=O) groups is 1. The van der Waals surface area contributed by atoms with Crippen LogP contribution in [0.4, 0.5) is 5.69 Å². The molecule has 4 nitrogen and oxygen atoms in total. The van der Waals surface area contributed by atoms with E-state index in [0.717, 1.165) is 9.26 Å². The molecule has 2 rings (SSSR count). The minimum Gasteiger partial charge on any atom is -0.497 e. The zero-order valence-electron chi connectivity index (χ0n) is 11.1. The lowest BCUT2D eigenvalue weighted by atomic mass is 10.1. The van der Waals surface area contributed by atoms with E-state index in [-0.39, 0.29) is 5.91 Å². The van der Waals surface area contributed by atoms with Crippen LogP contribution in [-0.4, -0.2) is 20.1 Å². The maximum Gasteiger partial charge on any atom is 0.259 e. The number of nitrogens with one attached hydrogen (secondary N) is 1. The number of ether oxygens (including phenoxy) is 2. The van der Waals surface area contributed by atoms with Crippen molar-refractivity contribution in [3.05, 3.63) is 51.6 Å². The van der Waals surface area contributed by atoms with Crippen LogP contribution in [0.1, 0.15) is 10.4 Å². The van der Waals surface area contributed by atoms with Crippen molar-refractivity contribution in [1.82, 2.24) is 0 Å². The molecule has 0 unspecified atom stereocenters. The van der Waals surface area contributed by atoms with Crippen LogP contribution in [0, 0.1) is 3.57 Å². The van der Waals surface area contributed by atoms with E-state index in [1.807, 2.05) is 24.3 Å². The first-order valence-corrected chi connectivity index (χ1v) is 7.01. The van der Waals surface area contributed by atoms with Crippen LogP contribution in [0.25, 0.3) is 0 Å². The molecule has 2 aromatic rings. The first kappa shape index (κ1) is 14.6. The van der Waals surface area contributed by atoms with Crippen LogP contribution in [0.15, 0.2) is 42.5 Å². The molecule has 1 N–H and O–H groups in total. The summed E-state index contributed by atoms with van der Waals surface area (Å²) in [7, 11) is 3.09. The van der Waals surface area contributed by atoms with E-state index >= 15 is 0 Å². The first-order valence-electron chi connectivity index (χ1n) is 5.93. The number of methoxy groups -OCH3 is 2. The molecule has 0 aliphatic heterocycles. The van der Waals surface area contributed by atoms with Crippen molar-refractivity contribution < 1.29 is 14.3 Å². The SMILES string of the molecule is COc1ccc(C(=O)Nc2ccc(I)cc2)c(OC)c1. The zero-order valence-corrected chi connectivity index (χ0v) is 13.3. The summed E-state index contributed by atoms with van der Waals surface area (Å²) in [5.41, 5.74) is 1.21. The van der Waals surface area contributed by atoms with Gasteiger partial charge in [0.15, 0.2) is 0 Å². The smallest absolute Gasteiger partial charge is 0.259 e.